The molecule has 0 saturated heterocycles. The van der Waals surface area contributed by atoms with Crippen molar-refractivity contribution in [3.05, 3.63) is 42.0 Å². The van der Waals surface area contributed by atoms with Gasteiger partial charge in [0, 0.05) is 19.8 Å². The molecule has 1 aromatic rings. The highest BCUT2D eigenvalue weighted by atomic mass is 35.5. The van der Waals surface area contributed by atoms with E-state index in [1.165, 1.54) is 5.56 Å². The molecule has 0 fully saturated rings. The van der Waals surface area contributed by atoms with Crippen LogP contribution in [0.2, 0.25) is 0 Å². The summed E-state index contributed by atoms with van der Waals surface area (Å²) >= 11 is 0. The lowest BCUT2D eigenvalue weighted by atomic mass is 10.2. The van der Waals surface area contributed by atoms with E-state index in [9.17, 15) is 0 Å². The van der Waals surface area contributed by atoms with Crippen LogP contribution in [-0.4, -0.2) is 26.3 Å². The second-order valence-corrected chi connectivity index (χ2v) is 3.57. The molecule has 3 heteroatoms. The van der Waals surface area contributed by atoms with Crippen LogP contribution in [0.5, 0.6) is 0 Å². The first kappa shape index (κ1) is 16.2. The van der Waals surface area contributed by atoms with E-state index in [0.717, 1.165) is 32.7 Å². The highest BCUT2D eigenvalue weighted by Gasteiger charge is 1.86. The van der Waals surface area contributed by atoms with E-state index in [-0.39, 0.29) is 12.4 Å². The zero-order valence-corrected chi connectivity index (χ0v) is 11.2. The van der Waals surface area contributed by atoms with Crippen LogP contribution in [0.4, 0.5) is 0 Å². The van der Waals surface area contributed by atoms with Crippen molar-refractivity contribution in [2.45, 2.75) is 13.3 Å². The van der Waals surface area contributed by atoms with Crippen molar-refractivity contribution in [1.82, 2.24) is 5.32 Å². The van der Waals surface area contributed by atoms with Crippen LogP contribution in [0, 0.1) is 0 Å². The van der Waals surface area contributed by atoms with Crippen LogP contribution in [0.25, 0.3) is 6.08 Å². The van der Waals surface area contributed by atoms with Crippen molar-refractivity contribution < 1.29 is 4.74 Å². The molecule has 0 bridgehead atoms. The van der Waals surface area contributed by atoms with Crippen LogP contribution in [0.3, 0.4) is 0 Å². The van der Waals surface area contributed by atoms with Crippen LogP contribution in [0.15, 0.2) is 36.4 Å². The van der Waals surface area contributed by atoms with Crippen LogP contribution < -0.4 is 5.32 Å². The Morgan fingerprint density at radius 1 is 1.24 bits per heavy atom. The monoisotopic (exact) mass is 255 g/mol. The van der Waals surface area contributed by atoms with Gasteiger partial charge in [0.2, 0.25) is 0 Å². The number of hydrogen-bond acceptors (Lipinski definition) is 2. The van der Waals surface area contributed by atoms with Gasteiger partial charge in [0.15, 0.2) is 0 Å². The van der Waals surface area contributed by atoms with E-state index < -0.39 is 0 Å². The molecule has 0 unspecified atom stereocenters. The number of halogens is 1. The predicted molar refractivity (Wildman–Crippen MR) is 76.7 cm³/mol. The molecule has 2 nitrogen and oxygen atoms in total. The highest BCUT2D eigenvalue weighted by molar-refractivity contribution is 5.85. The minimum atomic E-state index is 0. The average Bonchev–Trinajstić information content (AvgIpc) is 2.34. The fraction of sp³-hybridized carbons (Fsp3) is 0.429. The van der Waals surface area contributed by atoms with Gasteiger partial charge >= 0.3 is 0 Å². The number of rotatable bonds is 8. The Hall–Kier alpha value is -0.830. The zero-order chi connectivity index (χ0) is 11.5. The molecular formula is C14H22ClNO. The van der Waals surface area contributed by atoms with Gasteiger partial charge in [-0.1, -0.05) is 42.5 Å². The first-order valence-corrected chi connectivity index (χ1v) is 5.93. The third-order valence-electron chi connectivity index (χ3n) is 2.22. The number of nitrogens with one attached hydrogen (secondary N) is 1. The summed E-state index contributed by atoms with van der Waals surface area (Å²) in [7, 11) is 0. The van der Waals surface area contributed by atoms with E-state index in [4.69, 9.17) is 4.74 Å². The normalized spacial score (nSPS) is 10.4. The van der Waals surface area contributed by atoms with Crippen molar-refractivity contribution in [3.8, 4) is 0 Å². The lowest BCUT2D eigenvalue weighted by Gasteiger charge is -2.01. The summed E-state index contributed by atoms with van der Waals surface area (Å²) in [4.78, 5) is 0. The quantitative estimate of drug-likeness (QED) is 0.721. The lowest BCUT2D eigenvalue weighted by Crippen LogP contribution is -2.16. The molecule has 0 aliphatic heterocycles. The van der Waals surface area contributed by atoms with Gasteiger partial charge in [-0.05, 0) is 25.5 Å². The first-order chi connectivity index (χ1) is 7.93. The second kappa shape index (κ2) is 11.6. The van der Waals surface area contributed by atoms with Gasteiger partial charge in [-0.25, -0.2) is 0 Å². The molecule has 96 valence electrons. The third kappa shape index (κ3) is 8.93. The van der Waals surface area contributed by atoms with E-state index in [1.54, 1.807) is 0 Å². The molecule has 0 amide bonds. The molecule has 0 aliphatic rings. The maximum absolute atomic E-state index is 5.25. The van der Waals surface area contributed by atoms with Gasteiger partial charge in [-0.2, -0.15) is 0 Å². The summed E-state index contributed by atoms with van der Waals surface area (Å²) < 4.78 is 5.25. The summed E-state index contributed by atoms with van der Waals surface area (Å²) in [6.07, 6.45) is 5.36. The average molecular weight is 256 g/mol. The van der Waals surface area contributed by atoms with Crippen molar-refractivity contribution in [3.63, 3.8) is 0 Å². The molecule has 0 aromatic heterocycles. The Balaban J connectivity index is 0.00000256. The molecule has 0 radical (unpaired) electrons. The molecule has 0 atom stereocenters. The van der Waals surface area contributed by atoms with E-state index in [0.29, 0.717) is 0 Å². The Bertz CT molecular complexity index is 288. The topological polar surface area (TPSA) is 21.3 Å². The highest BCUT2D eigenvalue weighted by Crippen LogP contribution is 1.99. The number of hydrogen-bond donors (Lipinski definition) is 1. The van der Waals surface area contributed by atoms with E-state index >= 15 is 0 Å². The van der Waals surface area contributed by atoms with Gasteiger partial charge in [0.25, 0.3) is 0 Å². The Morgan fingerprint density at radius 3 is 2.71 bits per heavy atom. The minimum Gasteiger partial charge on any atom is -0.382 e. The fourth-order valence-electron chi connectivity index (χ4n) is 1.39. The smallest absolute Gasteiger partial charge is 0.0477 e. The molecule has 0 saturated carbocycles. The molecule has 0 heterocycles. The molecule has 0 aliphatic carbocycles. The SMILES string of the molecule is CCOCCCNCC=Cc1ccccc1.Cl. The molecule has 1 rings (SSSR count). The van der Waals surface area contributed by atoms with Crippen molar-refractivity contribution >= 4 is 18.5 Å². The largest absolute Gasteiger partial charge is 0.382 e. The number of benzene rings is 1. The first-order valence-electron chi connectivity index (χ1n) is 5.93. The molecule has 17 heavy (non-hydrogen) atoms. The summed E-state index contributed by atoms with van der Waals surface area (Å²) in [5.41, 5.74) is 1.25. The maximum atomic E-state index is 5.25. The zero-order valence-electron chi connectivity index (χ0n) is 10.4. The van der Waals surface area contributed by atoms with E-state index in [1.807, 2.05) is 13.0 Å². The Morgan fingerprint density at radius 2 is 2.00 bits per heavy atom. The predicted octanol–water partition coefficient (Wildman–Crippen LogP) is 3.14. The lowest BCUT2D eigenvalue weighted by molar-refractivity contribution is 0.145. The summed E-state index contributed by atoms with van der Waals surface area (Å²) in [5.74, 6) is 0. The molecular weight excluding hydrogens is 234 g/mol. The van der Waals surface area contributed by atoms with Gasteiger partial charge in [-0.15, -0.1) is 12.4 Å². The maximum Gasteiger partial charge on any atom is 0.0477 e. The molecule has 1 N–H and O–H groups in total. The summed E-state index contributed by atoms with van der Waals surface area (Å²) in [5, 5.41) is 3.35. The van der Waals surface area contributed by atoms with Crippen LogP contribution in [-0.2, 0) is 4.74 Å². The van der Waals surface area contributed by atoms with Crippen molar-refractivity contribution in [2.75, 3.05) is 26.3 Å². The van der Waals surface area contributed by atoms with Gasteiger partial charge < -0.3 is 10.1 Å². The van der Waals surface area contributed by atoms with Crippen molar-refractivity contribution in [1.29, 1.82) is 0 Å². The van der Waals surface area contributed by atoms with Crippen molar-refractivity contribution in [2.24, 2.45) is 0 Å². The van der Waals surface area contributed by atoms with Gasteiger partial charge in [0.05, 0.1) is 0 Å². The second-order valence-electron chi connectivity index (χ2n) is 3.57. The Labute approximate surface area is 110 Å². The fourth-order valence-corrected chi connectivity index (χ4v) is 1.39. The van der Waals surface area contributed by atoms with E-state index in [2.05, 4.69) is 41.7 Å². The van der Waals surface area contributed by atoms with Gasteiger partial charge in [0.1, 0.15) is 0 Å². The van der Waals surface area contributed by atoms with Gasteiger partial charge in [-0.3, -0.25) is 0 Å². The summed E-state index contributed by atoms with van der Waals surface area (Å²) in [6, 6.07) is 10.3. The minimum absolute atomic E-state index is 0. The third-order valence-corrected chi connectivity index (χ3v) is 2.22. The van der Waals surface area contributed by atoms with Crippen LogP contribution in [0.1, 0.15) is 18.9 Å². The Kier molecular flexibility index (Phi) is 11.1. The van der Waals surface area contributed by atoms with Crippen LogP contribution >= 0.6 is 12.4 Å². The standard InChI is InChI=1S/C14H21NO.ClH/c1-2-16-13-7-12-15-11-6-10-14-8-4-3-5-9-14;/h3-6,8-10,15H,2,7,11-13H2,1H3;1H. The molecule has 1 aromatic carbocycles. The number of ether oxygens (including phenoxy) is 1. The molecule has 0 spiro atoms. The summed E-state index contributed by atoms with van der Waals surface area (Å²) in [6.45, 7) is 5.62.